The third-order valence-electron chi connectivity index (χ3n) is 5.84. The van der Waals surface area contributed by atoms with Crippen molar-refractivity contribution in [3.63, 3.8) is 0 Å². The second-order valence-corrected chi connectivity index (χ2v) is 7.60. The van der Waals surface area contributed by atoms with Gasteiger partial charge < -0.3 is 4.90 Å². The van der Waals surface area contributed by atoms with Crippen LogP contribution in [0.3, 0.4) is 0 Å². The largest absolute Gasteiger partial charge is 0.335 e. The SMILES string of the molecule is Cc1nn(C)c(C)c1-c1cc(C(=O)N2CCN(C(C)c3ccccn3)CC2)[nH]n1. The molecule has 1 aliphatic rings. The number of nitrogens with zero attached hydrogens (tertiary/aromatic N) is 6. The van der Waals surface area contributed by atoms with Crippen LogP contribution < -0.4 is 0 Å². The zero-order valence-corrected chi connectivity index (χ0v) is 17.4. The van der Waals surface area contributed by atoms with Gasteiger partial charge in [0.1, 0.15) is 5.69 Å². The summed E-state index contributed by atoms with van der Waals surface area (Å²) < 4.78 is 1.84. The van der Waals surface area contributed by atoms with Crippen LogP contribution in [0.15, 0.2) is 30.5 Å². The third kappa shape index (κ3) is 3.67. The minimum absolute atomic E-state index is 0.00640. The van der Waals surface area contributed by atoms with Gasteiger partial charge in [0.15, 0.2) is 0 Å². The van der Waals surface area contributed by atoms with Crippen molar-refractivity contribution in [2.75, 3.05) is 26.2 Å². The number of hydrogen-bond donors (Lipinski definition) is 1. The normalized spacial score (nSPS) is 16.2. The summed E-state index contributed by atoms with van der Waals surface area (Å²) in [5.41, 5.74) is 5.27. The van der Waals surface area contributed by atoms with E-state index in [1.165, 1.54) is 0 Å². The molecule has 8 nitrogen and oxygen atoms in total. The number of hydrogen-bond acceptors (Lipinski definition) is 5. The maximum Gasteiger partial charge on any atom is 0.271 e. The topological polar surface area (TPSA) is 82.9 Å². The fourth-order valence-electron chi connectivity index (χ4n) is 4.00. The van der Waals surface area contributed by atoms with Crippen LogP contribution in [0.5, 0.6) is 0 Å². The summed E-state index contributed by atoms with van der Waals surface area (Å²) in [6.07, 6.45) is 1.83. The van der Waals surface area contributed by atoms with Crippen LogP contribution in [0.4, 0.5) is 0 Å². The second-order valence-electron chi connectivity index (χ2n) is 7.60. The van der Waals surface area contributed by atoms with Crippen molar-refractivity contribution in [1.82, 2.24) is 34.8 Å². The van der Waals surface area contributed by atoms with E-state index in [1.54, 1.807) is 0 Å². The predicted molar refractivity (Wildman–Crippen MR) is 110 cm³/mol. The highest BCUT2D eigenvalue weighted by molar-refractivity contribution is 5.93. The van der Waals surface area contributed by atoms with Crippen molar-refractivity contribution >= 4 is 5.91 Å². The standard InChI is InChI=1S/C21H27N7O/c1-14-20(16(3)26(4)25-14)18-13-19(24-23-18)21(29)28-11-9-27(10-12-28)15(2)17-7-5-6-8-22-17/h5-8,13,15H,9-12H2,1-4H3,(H,23,24). The van der Waals surface area contributed by atoms with E-state index in [-0.39, 0.29) is 11.9 Å². The van der Waals surface area contributed by atoms with E-state index < -0.39 is 0 Å². The molecular formula is C21H27N7O. The van der Waals surface area contributed by atoms with Gasteiger partial charge in [0.2, 0.25) is 0 Å². The van der Waals surface area contributed by atoms with Gasteiger partial charge in [-0.05, 0) is 39.0 Å². The third-order valence-corrected chi connectivity index (χ3v) is 5.84. The quantitative estimate of drug-likeness (QED) is 0.736. The highest BCUT2D eigenvalue weighted by Gasteiger charge is 2.27. The molecule has 1 unspecified atom stereocenters. The van der Waals surface area contributed by atoms with Crippen molar-refractivity contribution < 1.29 is 4.79 Å². The number of nitrogens with one attached hydrogen (secondary N) is 1. The Morgan fingerprint density at radius 2 is 1.93 bits per heavy atom. The number of carbonyl (C=O) groups is 1. The Morgan fingerprint density at radius 1 is 1.17 bits per heavy atom. The average molecular weight is 393 g/mol. The first-order chi connectivity index (χ1) is 14.0. The highest BCUT2D eigenvalue weighted by Crippen LogP contribution is 2.26. The van der Waals surface area contributed by atoms with Gasteiger partial charge in [-0.15, -0.1) is 0 Å². The number of piperazine rings is 1. The minimum atomic E-state index is -0.00640. The number of rotatable bonds is 4. The molecule has 8 heteroatoms. The molecule has 3 aromatic heterocycles. The number of aromatic amines is 1. The van der Waals surface area contributed by atoms with Crippen LogP contribution in [0.25, 0.3) is 11.3 Å². The molecule has 0 aliphatic carbocycles. The minimum Gasteiger partial charge on any atom is -0.335 e. The first kappa shape index (κ1) is 19.3. The summed E-state index contributed by atoms with van der Waals surface area (Å²) in [7, 11) is 1.91. The van der Waals surface area contributed by atoms with Gasteiger partial charge >= 0.3 is 0 Å². The summed E-state index contributed by atoms with van der Waals surface area (Å²) in [5, 5.41) is 11.7. The number of amides is 1. The van der Waals surface area contributed by atoms with Crippen molar-refractivity contribution in [2.24, 2.45) is 7.05 Å². The maximum atomic E-state index is 13.0. The summed E-state index contributed by atoms with van der Waals surface area (Å²) in [6.45, 7) is 9.16. The van der Waals surface area contributed by atoms with Crippen LogP contribution in [-0.2, 0) is 7.05 Å². The zero-order chi connectivity index (χ0) is 20.5. The van der Waals surface area contributed by atoms with Crippen LogP contribution in [0.2, 0.25) is 0 Å². The van der Waals surface area contributed by atoms with Gasteiger partial charge in [0.25, 0.3) is 5.91 Å². The van der Waals surface area contributed by atoms with Crippen molar-refractivity contribution in [3.8, 4) is 11.3 Å². The lowest BCUT2D eigenvalue weighted by Crippen LogP contribution is -2.49. The Balaban J connectivity index is 1.42. The summed E-state index contributed by atoms with van der Waals surface area (Å²) in [5.74, 6) is -0.00640. The summed E-state index contributed by atoms with van der Waals surface area (Å²) >= 11 is 0. The molecule has 0 aromatic carbocycles. The van der Waals surface area contributed by atoms with E-state index in [4.69, 9.17) is 0 Å². The van der Waals surface area contributed by atoms with Crippen LogP contribution in [0, 0.1) is 13.8 Å². The number of aryl methyl sites for hydroxylation is 2. The van der Waals surface area contributed by atoms with Gasteiger partial charge in [-0.25, -0.2) is 0 Å². The Kier molecular flexibility index (Phi) is 5.19. The molecule has 4 heterocycles. The molecule has 1 atom stereocenters. The lowest BCUT2D eigenvalue weighted by atomic mass is 10.1. The van der Waals surface area contributed by atoms with Gasteiger partial charge in [0.05, 0.1) is 17.1 Å². The molecule has 0 radical (unpaired) electrons. The molecule has 1 N–H and O–H groups in total. The Morgan fingerprint density at radius 3 is 2.55 bits per heavy atom. The predicted octanol–water partition coefficient (Wildman–Crippen LogP) is 2.34. The molecular weight excluding hydrogens is 366 g/mol. The Bertz CT molecular complexity index is 999. The van der Waals surface area contributed by atoms with E-state index in [0.29, 0.717) is 18.8 Å². The Labute approximate surface area is 170 Å². The van der Waals surface area contributed by atoms with Gasteiger partial charge in [-0.1, -0.05) is 6.07 Å². The lowest BCUT2D eigenvalue weighted by Gasteiger charge is -2.37. The smallest absolute Gasteiger partial charge is 0.271 e. The van der Waals surface area contributed by atoms with E-state index in [9.17, 15) is 4.79 Å². The molecule has 3 aromatic rings. The fourth-order valence-corrected chi connectivity index (χ4v) is 4.00. The average Bonchev–Trinajstić information content (AvgIpc) is 3.32. The van der Waals surface area contributed by atoms with Crippen LogP contribution in [0.1, 0.15) is 40.5 Å². The summed E-state index contributed by atoms with van der Waals surface area (Å²) in [6, 6.07) is 8.07. The number of aromatic nitrogens is 5. The van der Waals surface area contributed by atoms with E-state index in [0.717, 1.165) is 41.4 Å². The number of H-pyrrole nitrogens is 1. The molecule has 0 saturated carbocycles. The summed E-state index contributed by atoms with van der Waals surface area (Å²) in [4.78, 5) is 21.7. The highest BCUT2D eigenvalue weighted by atomic mass is 16.2. The Hall–Kier alpha value is -3.00. The molecule has 1 aliphatic heterocycles. The van der Waals surface area contributed by atoms with Gasteiger partial charge in [-0.3, -0.25) is 24.5 Å². The first-order valence-electron chi connectivity index (χ1n) is 9.96. The number of carbonyl (C=O) groups excluding carboxylic acids is 1. The molecule has 1 fully saturated rings. The molecule has 4 rings (SSSR count). The molecule has 1 amide bonds. The fraction of sp³-hybridized carbons (Fsp3) is 0.429. The maximum absolute atomic E-state index is 13.0. The molecule has 29 heavy (non-hydrogen) atoms. The van der Waals surface area contributed by atoms with Crippen molar-refractivity contribution in [2.45, 2.75) is 26.8 Å². The van der Waals surface area contributed by atoms with Crippen molar-refractivity contribution in [1.29, 1.82) is 0 Å². The number of pyridine rings is 1. The molecule has 0 bridgehead atoms. The van der Waals surface area contributed by atoms with Crippen LogP contribution in [-0.4, -0.2) is 66.8 Å². The molecule has 152 valence electrons. The first-order valence-corrected chi connectivity index (χ1v) is 9.96. The molecule has 1 saturated heterocycles. The monoisotopic (exact) mass is 393 g/mol. The van der Waals surface area contributed by atoms with Crippen molar-refractivity contribution in [3.05, 3.63) is 53.2 Å². The van der Waals surface area contributed by atoms with E-state index >= 15 is 0 Å². The second kappa shape index (κ2) is 7.79. The van der Waals surface area contributed by atoms with E-state index in [1.807, 2.05) is 54.9 Å². The van der Waals surface area contributed by atoms with Crippen LogP contribution >= 0.6 is 0 Å². The van der Waals surface area contributed by atoms with E-state index in [2.05, 4.69) is 38.2 Å². The van der Waals surface area contributed by atoms with Gasteiger partial charge in [0, 0.05) is 56.7 Å². The molecule has 0 spiro atoms. The van der Waals surface area contributed by atoms with Gasteiger partial charge in [-0.2, -0.15) is 10.2 Å². The lowest BCUT2D eigenvalue weighted by molar-refractivity contribution is 0.0573. The zero-order valence-electron chi connectivity index (χ0n) is 17.4.